The number of benzene rings is 1. The normalized spacial score (nSPS) is 29.6. The number of piperidine rings is 2. The maximum atomic E-state index is 12.9. The minimum Gasteiger partial charge on any atom is -0.385 e. The molecule has 0 radical (unpaired) electrons. The van der Waals surface area contributed by atoms with Gasteiger partial charge in [-0.25, -0.2) is 0 Å². The fourth-order valence-electron chi connectivity index (χ4n) is 4.55. The van der Waals surface area contributed by atoms with Crippen molar-refractivity contribution in [3.05, 3.63) is 47.3 Å². The van der Waals surface area contributed by atoms with Gasteiger partial charge < -0.3 is 15.7 Å². The average molecular weight is 437 g/mol. The van der Waals surface area contributed by atoms with Gasteiger partial charge in [0.05, 0.1) is 29.1 Å². The standard InChI is InChI=1S/C21H26F3N5O2/c1-13-8-20(31,15-3-5-16(6-4-15)21(22,23)24)9-17(26-13)18-12-29(28-27-18)11-14-2-7-19(30)25-10-14/h3-6,12-14,17,26,31H,2,7-11H2,1H3,(H,25,30)/t13-,14?,17-,20?/m0/s1. The third-order valence-corrected chi connectivity index (χ3v) is 6.15. The number of hydrogen-bond acceptors (Lipinski definition) is 5. The quantitative estimate of drug-likeness (QED) is 0.684. The summed E-state index contributed by atoms with van der Waals surface area (Å²) in [5, 5.41) is 26.0. The number of amides is 1. The summed E-state index contributed by atoms with van der Waals surface area (Å²) in [5.41, 5.74) is -0.863. The average Bonchev–Trinajstić information content (AvgIpc) is 3.17. The highest BCUT2D eigenvalue weighted by Crippen LogP contribution is 2.40. The summed E-state index contributed by atoms with van der Waals surface area (Å²) in [5.74, 6) is 0.355. The molecule has 1 aromatic carbocycles. The fourth-order valence-corrected chi connectivity index (χ4v) is 4.55. The molecule has 1 aromatic heterocycles. The summed E-state index contributed by atoms with van der Waals surface area (Å²) >= 11 is 0. The Morgan fingerprint density at radius 1 is 1.26 bits per heavy atom. The van der Waals surface area contributed by atoms with Gasteiger partial charge >= 0.3 is 6.18 Å². The Balaban J connectivity index is 1.47. The van der Waals surface area contributed by atoms with E-state index in [9.17, 15) is 23.1 Å². The van der Waals surface area contributed by atoms with Gasteiger partial charge in [-0.05, 0) is 43.4 Å². The first-order valence-electron chi connectivity index (χ1n) is 10.5. The first kappa shape index (κ1) is 21.8. The number of rotatable bonds is 4. The molecular weight excluding hydrogens is 411 g/mol. The van der Waals surface area contributed by atoms with Crippen LogP contribution in [0.3, 0.4) is 0 Å². The van der Waals surface area contributed by atoms with Gasteiger partial charge in [0, 0.05) is 32.0 Å². The van der Waals surface area contributed by atoms with E-state index >= 15 is 0 Å². The number of aliphatic hydroxyl groups is 1. The molecule has 0 aliphatic carbocycles. The summed E-state index contributed by atoms with van der Waals surface area (Å²) < 4.78 is 40.4. The van der Waals surface area contributed by atoms with E-state index in [4.69, 9.17) is 0 Å². The summed E-state index contributed by atoms with van der Waals surface area (Å²) in [4.78, 5) is 11.3. The van der Waals surface area contributed by atoms with Gasteiger partial charge in [-0.3, -0.25) is 9.48 Å². The lowest BCUT2D eigenvalue weighted by Crippen LogP contribution is -2.47. The second-order valence-corrected chi connectivity index (χ2v) is 8.71. The highest BCUT2D eigenvalue weighted by Gasteiger charge is 2.41. The van der Waals surface area contributed by atoms with Crippen LogP contribution in [0.5, 0.6) is 0 Å². The summed E-state index contributed by atoms with van der Waals surface area (Å²) in [6, 6.07) is 4.38. The van der Waals surface area contributed by atoms with Gasteiger partial charge in [0.15, 0.2) is 0 Å². The Kier molecular flexibility index (Phi) is 5.78. The van der Waals surface area contributed by atoms with Crippen molar-refractivity contribution in [1.82, 2.24) is 25.6 Å². The first-order chi connectivity index (χ1) is 14.6. The van der Waals surface area contributed by atoms with Crippen LogP contribution in [0, 0.1) is 5.92 Å². The summed E-state index contributed by atoms with van der Waals surface area (Å²) in [6.45, 7) is 3.18. The van der Waals surface area contributed by atoms with Crippen molar-refractivity contribution in [2.45, 2.75) is 63.0 Å². The van der Waals surface area contributed by atoms with Gasteiger partial charge in [0.2, 0.25) is 5.91 Å². The summed E-state index contributed by atoms with van der Waals surface area (Å²) in [7, 11) is 0. The molecule has 168 valence electrons. The van der Waals surface area contributed by atoms with Crippen LogP contribution in [-0.2, 0) is 23.1 Å². The zero-order chi connectivity index (χ0) is 22.2. The predicted octanol–water partition coefficient (Wildman–Crippen LogP) is 2.52. The lowest BCUT2D eigenvalue weighted by molar-refractivity contribution is -0.137. The van der Waals surface area contributed by atoms with Gasteiger partial charge in [0.1, 0.15) is 0 Å². The van der Waals surface area contributed by atoms with Crippen LogP contribution in [0.1, 0.15) is 55.5 Å². The molecule has 31 heavy (non-hydrogen) atoms. The molecule has 0 bridgehead atoms. The van der Waals surface area contributed by atoms with Crippen LogP contribution in [0.2, 0.25) is 0 Å². The molecule has 1 amide bonds. The van der Waals surface area contributed by atoms with Gasteiger partial charge in [0.25, 0.3) is 0 Å². The van der Waals surface area contributed by atoms with Crippen molar-refractivity contribution in [1.29, 1.82) is 0 Å². The molecule has 10 heteroatoms. The van der Waals surface area contributed by atoms with Crippen molar-refractivity contribution < 1.29 is 23.1 Å². The van der Waals surface area contributed by atoms with Gasteiger partial charge in [-0.1, -0.05) is 17.3 Å². The lowest BCUT2D eigenvalue weighted by Gasteiger charge is -2.40. The van der Waals surface area contributed by atoms with Crippen LogP contribution in [0.25, 0.3) is 0 Å². The smallest absolute Gasteiger partial charge is 0.385 e. The molecule has 2 aromatic rings. The maximum Gasteiger partial charge on any atom is 0.416 e. The highest BCUT2D eigenvalue weighted by molar-refractivity contribution is 5.76. The zero-order valence-electron chi connectivity index (χ0n) is 17.2. The number of carbonyl (C=O) groups excluding carboxylic acids is 1. The molecule has 3 heterocycles. The predicted molar refractivity (Wildman–Crippen MR) is 106 cm³/mol. The number of nitrogens with one attached hydrogen (secondary N) is 2. The number of halogens is 3. The van der Waals surface area contributed by atoms with E-state index in [-0.39, 0.29) is 30.3 Å². The molecule has 4 atom stereocenters. The summed E-state index contributed by atoms with van der Waals surface area (Å²) in [6.07, 6.45) is -0.614. The Morgan fingerprint density at radius 3 is 2.65 bits per heavy atom. The van der Waals surface area contributed by atoms with E-state index < -0.39 is 17.3 Å². The number of alkyl halides is 3. The van der Waals surface area contributed by atoms with E-state index in [2.05, 4.69) is 20.9 Å². The molecule has 0 saturated carbocycles. The van der Waals surface area contributed by atoms with E-state index in [0.29, 0.717) is 37.2 Å². The number of nitrogens with zero attached hydrogens (tertiary/aromatic N) is 3. The Bertz CT molecular complexity index is 920. The SMILES string of the molecule is C[C@H]1CC(O)(c2ccc(C(F)(F)F)cc2)C[C@@H](c2cn(CC3CCC(=O)NC3)nn2)N1. The third kappa shape index (κ3) is 4.90. The van der Waals surface area contributed by atoms with Crippen molar-refractivity contribution in [2.75, 3.05) is 6.54 Å². The molecule has 7 nitrogen and oxygen atoms in total. The van der Waals surface area contributed by atoms with E-state index in [1.54, 1.807) is 4.68 Å². The van der Waals surface area contributed by atoms with Gasteiger partial charge in [-0.2, -0.15) is 13.2 Å². The van der Waals surface area contributed by atoms with Crippen LogP contribution in [0.4, 0.5) is 13.2 Å². The van der Waals surface area contributed by atoms with Crippen molar-refractivity contribution in [3.8, 4) is 0 Å². The topological polar surface area (TPSA) is 92.1 Å². The van der Waals surface area contributed by atoms with E-state index in [1.165, 1.54) is 12.1 Å². The highest BCUT2D eigenvalue weighted by atomic mass is 19.4. The van der Waals surface area contributed by atoms with Crippen LogP contribution >= 0.6 is 0 Å². The molecule has 0 spiro atoms. The zero-order valence-corrected chi connectivity index (χ0v) is 17.2. The second-order valence-electron chi connectivity index (χ2n) is 8.71. The number of carbonyl (C=O) groups is 1. The number of hydrogen-bond donors (Lipinski definition) is 3. The van der Waals surface area contributed by atoms with Crippen molar-refractivity contribution in [3.63, 3.8) is 0 Å². The van der Waals surface area contributed by atoms with E-state index in [0.717, 1.165) is 18.6 Å². The number of aromatic nitrogens is 3. The van der Waals surface area contributed by atoms with Gasteiger partial charge in [-0.15, -0.1) is 5.10 Å². The minimum absolute atomic E-state index is 0.0650. The van der Waals surface area contributed by atoms with Crippen molar-refractivity contribution in [2.24, 2.45) is 5.92 Å². The molecule has 2 saturated heterocycles. The third-order valence-electron chi connectivity index (χ3n) is 6.15. The first-order valence-corrected chi connectivity index (χ1v) is 10.5. The second kappa shape index (κ2) is 8.23. The van der Waals surface area contributed by atoms with Crippen LogP contribution in [-0.4, -0.2) is 38.6 Å². The lowest BCUT2D eigenvalue weighted by atomic mass is 9.78. The molecule has 2 unspecified atom stereocenters. The maximum absolute atomic E-state index is 12.9. The fraction of sp³-hybridized carbons (Fsp3) is 0.571. The molecule has 3 N–H and O–H groups in total. The molecular formula is C21H26F3N5O2. The minimum atomic E-state index is -4.41. The van der Waals surface area contributed by atoms with Crippen LogP contribution < -0.4 is 10.6 Å². The monoisotopic (exact) mass is 437 g/mol. The largest absolute Gasteiger partial charge is 0.416 e. The molecule has 2 aliphatic heterocycles. The Hall–Kier alpha value is -2.46. The van der Waals surface area contributed by atoms with Crippen LogP contribution in [0.15, 0.2) is 30.5 Å². The molecule has 4 rings (SSSR count). The Labute approximate surface area is 178 Å². The Morgan fingerprint density at radius 2 is 2.00 bits per heavy atom. The van der Waals surface area contributed by atoms with E-state index in [1.807, 2.05) is 13.1 Å². The van der Waals surface area contributed by atoms with Crippen molar-refractivity contribution >= 4 is 5.91 Å². The molecule has 2 fully saturated rings. The molecule has 2 aliphatic rings.